The van der Waals surface area contributed by atoms with E-state index in [0.29, 0.717) is 22.3 Å². The summed E-state index contributed by atoms with van der Waals surface area (Å²) in [5.41, 5.74) is 2.51. The van der Waals surface area contributed by atoms with Gasteiger partial charge >= 0.3 is 0 Å². The number of benzene rings is 2. The summed E-state index contributed by atoms with van der Waals surface area (Å²) in [5, 5.41) is 4.33. The minimum absolute atomic E-state index is 0.0642. The zero-order valence-electron chi connectivity index (χ0n) is 16.5. The molecular formula is C23H17FN2O4. The van der Waals surface area contributed by atoms with Gasteiger partial charge in [0.25, 0.3) is 5.91 Å². The Morgan fingerprint density at radius 3 is 2.50 bits per heavy atom. The van der Waals surface area contributed by atoms with Crippen LogP contribution in [0.3, 0.4) is 0 Å². The lowest BCUT2D eigenvalue weighted by atomic mass is 9.97. The van der Waals surface area contributed by atoms with Crippen LogP contribution >= 0.6 is 0 Å². The van der Waals surface area contributed by atoms with Gasteiger partial charge in [0, 0.05) is 6.07 Å². The van der Waals surface area contributed by atoms with Crippen LogP contribution in [0.1, 0.15) is 44.6 Å². The van der Waals surface area contributed by atoms with Crippen molar-refractivity contribution in [1.82, 2.24) is 5.16 Å². The second-order valence-corrected chi connectivity index (χ2v) is 7.54. The molecule has 0 N–H and O–H groups in total. The van der Waals surface area contributed by atoms with Gasteiger partial charge in [-0.15, -0.1) is 0 Å². The molecule has 0 bridgehead atoms. The van der Waals surface area contributed by atoms with Crippen LogP contribution in [0.25, 0.3) is 11.0 Å². The predicted molar refractivity (Wildman–Crippen MR) is 108 cm³/mol. The van der Waals surface area contributed by atoms with Crippen molar-refractivity contribution in [3.8, 4) is 0 Å². The lowest BCUT2D eigenvalue weighted by Crippen LogP contribution is -2.29. The molecule has 0 spiro atoms. The molecular weight excluding hydrogens is 387 g/mol. The first-order chi connectivity index (χ1) is 14.3. The molecule has 1 atom stereocenters. The molecule has 5 rings (SSSR count). The Bertz CT molecular complexity index is 1400. The largest absolute Gasteiger partial charge is 0.450 e. The molecule has 1 amide bonds. The molecule has 0 unspecified atom stereocenters. The zero-order valence-corrected chi connectivity index (χ0v) is 16.5. The van der Waals surface area contributed by atoms with E-state index < -0.39 is 17.8 Å². The van der Waals surface area contributed by atoms with Gasteiger partial charge in [-0.1, -0.05) is 17.3 Å². The number of hydrogen-bond donors (Lipinski definition) is 0. The quantitative estimate of drug-likeness (QED) is 0.488. The molecule has 1 aliphatic heterocycles. The highest BCUT2D eigenvalue weighted by molar-refractivity contribution is 6.10. The number of fused-ring (bicyclic) bond motifs is 2. The fourth-order valence-electron chi connectivity index (χ4n) is 3.92. The molecule has 2 aromatic carbocycles. The third-order valence-corrected chi connectivity index (χ3v) is 5.51. The predicted octanol–water partition coefficient (Wildman–Crippen LogP) is 4.60. The molecule has 0 aliphatic carbocycles. The first-order valence-corrected chi connectivity index (χ1v) is 9.45. The van der Waals surface area contributed by atoms with Gasteiger partial charge < -0.3 is 8.94 Å². The second kappa shape index (κ2) is 6.38. The molecule has 0 saturated carbocycles. The number of nitrogens with zero attached hydrogens (tertiary/aromatic N) is 2. The number of aryl methyl sites for hydroxylation is 3. The van der Waals surface area contributed by atoms with Gasteiger partial charge in [0.15, 0.2) is 11.2 Å². The zero-order chi connectivity index (χ0) is 21.2. The van der Waals surface area contributed by atoms with Crippen molar-refractivity contribution in [3.05, 3.63) is 92.3 Å². The average Bonchev–Trinajstić information content (AvgIpc) is 3.25. The number of hydrogen-bond acceptors (Lipinski definition) is 5. The summed E-state index contributed by atoms with van der Waals surface area (Å²) in [5.74, 6) is -0.326. The van der Waals surface area contributed by atoms with Gasteiger partial charge in [-0.05, 0) is 61.7 Å². The maximum atomic E-state index is 14.0. The number of carbonyl (C=O) groups excluding carboxylic acids is 1. The fourth-order valence-corrected chi connectivity index (χ4v) is 3.92. The van der Waals surface area contributed by atoms with E-state index in [9.17, 15) is 14.0 Å². The standard InChI is InChI=1S/C23H17FN2O4/c1-11-7-16-17(8-12(11)2)29-22-19(21(16)27)20(14-5-4-6-15(24)10-14)26(23(22)28)18-9-13(3)30-25-18/h4-10,20H,1-3H3/t20-/m1/s1. The molecule has 4 aromatic rings. The van der Waals surface area contributed by atoms with Crippen molar-refractivity contribution < 1.29 is 18.1 Å². The highest BCUT2D eigenvalue weighted by Crippen LogP contribution is 2.41. The van der Waals surface area contributed by atoms with E-state index in [1.165, 1.54) is 23.1 Å². The summed E-state index contributed by atoms with van der Waals surface area (Å²) in [4.78, 5) is 28.2. The Kier molecular flexibility index (Phi) is 3.89. The lowest BCUT2D eigenvalue weighted by Gasteiger charge is -2.22. The summed E-state index contributed by atoms with van der Waals surface area (Å²) >= 11 is 0. The SMILES string of the molecule is Cc1cc(N2C(=O)c3oc4cc(C)c(C)cc4c(=O)c3[C@H]2c2cccc(F)c2)no1. The van der Waals surface area contributed by atoms with Crippen LogP contribution in [-0.4, -0.2) is 11.1 Å². The Hall–Kier alpha value is -3.74. The number of amides is 1. The smallest absolute Gasteiger partial charge is 0.296 e. The summed E-state index contributed by atoms with van der Waals surface area (Å²) in [7, 11) is 0. The lowest BCUT2D eigenvalue weighted by molar-refractivity contribution is 0.0969. The Balaban J connectivity index is 1.84. The maximum Gasteiger partial charge on any atom is 0.296 e. The molecule has 2 aromatic heterocycles. The summed E-state index contributed by atoms with van der Waals surface area (Å²) in [6.07, 6.45) is 0. The minimum atomic E-state index is -0.880. The number of halogens is 1. The van der Waals surface area contributed by atoms with Crippen LogP contribution in [0.2, 0.25) is 0 Å². The summed E-state index contributed by atoms with van der Waals surface area (Å²) < 4.78 is 25.1. The van der Waals surface area contributed by atoms with E-state index in [-0.39, 0.29) is 22.6 Å². The van der Waals surface area contributed by atoms with E-state index in [1.807, 2.05) is 13.8 Å². The van der Waals surface area contributed by atoms with E-state index in [0.717, 1.165) is 11.1 Å². The average molecular weight is 404 g/mol. The van der Waals surface area contributed by atoms with Crippen LogP contribution in [0.15, 0.2) is 56.2 Å². The van der Waals surface area contributed by atoms with Crippen LogP contribution in [0, 0.1) is 26.6 Å². The van der Waals surface area contributed by atoms with Crippen molar-refractivity contribution in [3.63, 3.8) is 0 Å². The van der Waals surface area contributed by atoms with Crippen molar-refractivity contribution in [2.45, 2.75) is 26.8 Å². The molecule has 0 radical (unpaired) electrons. The van der Waals surface area contributed by atoms with Gasteiger partial charge in [-0.3, -0.25) is 14.5 Å². The Morgan fingerprint density at radius 1 is 1.03 bits per heavy atom. The van der Waals surface area contributed by atoms with Crippen molar-refractivity contribution in [2.24, 2.45) is 0 Å². The molecule has 150 valence electrons. The molecule has 0 fully saturated rings. The van der Waals surface area contributed by atoms with Crippen LogP contribution in [0.5, 0.6) is 0 Å². The first kappa shape index (κ1) is 18.3. The molecule has 3 heterocycles. The minimum Gasteiger partial charge on any atom is -0.450 e. The van der Waals surface area contributed by atoms with Gasteiger partial charge in [0.1, 0.15) is 17.2 Å². The number of anilines is 1. The number of aromatic nitrogens is 1. The number of carbonyl (C=O) groups is 1. The van der Waals surface area contributed by atoms with Gasteiger partial charge in [0.2, 0.25) is 5.76 Å². The molecule has 30 heavy (non-hydrogen) atoms. The van der Waals surface area contributed by atoms with Crippen molar-refractivity contribution in [1.29, 1.82) is 0 Å². The molecule has 0 saturated heterocycles. The molecule has 6 nitrogen and oxygen atoms in total. The fraction of sp³-hybridized carbons (Fsp3) is 0.174. The van der Waals surface area contributed by atoms with Crippen molar-refractivity contribution in [2.75, 3.05) is 4.90 Å². The summed E-state index contributed by atoms with van der Waals surface area (Å²) in [6.45, 7) is 5.51. The monoisotopic (exact) mass is 404 g/mol. The van der Waals surface area contributed by atoms with Crippen LogP contribution < -0.4 is 10.3 Å². The van der Waals surface area contributed by atoms with Crippen LogP contribution in [-0.2, 0) is 0 Å². The van der Waals surface area contributed by atoms with Gasteiger partial charge in [0.05, 0.1) is 17.0 Å². The Labute approximate surface area is 170 Å². The summed E-state index contributed by atoms with van der Waals surface area (Å²) in [6, 6.07) is 10.0. The number of rotatable bonds is 2. The first-order valence-electron chi connectivity index (χ1n) is 9.45. The third kappa shape index (κ3) is 2.58. The van der Waals surface area contributed by atoms with E-state index in [1.54, 1.807) is 31.2 Å². The normalized spacial score (nSPS) is 15.8. The Morgan fingerprint density at radius 2 is 1.80 bits per heavy atom. The third-order valence-electron chi connectivity index (χ3n) is 5.51. The van der Waals surface area contributed by atoms with E-state index in [2.05, 4.69) is 5.16 Å². The highest BCUT2D eigenvalue weighted by atomic mass is 19.1. The van der Waals surface area contributed by atoms with Gasteiger partial charge in [-0.2, -0.15) is 0 Å². The van der Waals surface area contributed by atoms with Crippen LogP contribution in [0.4, 0.5) is 10.2 Å². The highest BCUT2D eigenvalue weighted by Gasteiger charge is 2.45. The second-order valence-electron chi connectivity index (χ2n) is 7.54. The van der Waals surface area contributed by atoms with E-state index >= 15 is 0 Å². The molecule has 7 heteroatoms. The van der Waals surface area contributed by atoms with Crippen molar-refractivity contribution >= 4 is 22.7 Å². The topological polar surface area (TPSA) is 76.6 Å². The molecule has 1 aliphatic rings. The maximum absolute atomic E-state index is 14.0. The van der Waals surface area contributed by atoms with E-state index in [4.69, 9.17) is 8.94 Å². The van der Waals surface area contributed by atoms with Gasteiger partial charge in [-0.25, -0.2) is 4.39 Å².